The van der Waals surface area contributed by atoms with Crippen LogP contribution in [0.3, 0.4) is 0 Å². The third-order valence-electron chi connectivity index (χ3n) is 3.72. The Kier molecular flexibility index (Phi) is 6.25. The van der Waals surface area contributed by atoms with Gasteiger partial charge in [-0.25, -0.2) is 4.68 Å². The largest absolute Gasteiger partial charge is 0.471 e. The van der Waals surface area contributed by atoms with Gasteiger partial charge in [-0.2, -0.15) is 13.9 Å². The van der Waals surface area contributed by atoms with E-state index in [1.54, 1.807) is 19.2 Å². The molecule has 0 radical (unpaired) electrons. The molecule has 0 aliphatic rings. The number of hydrogen-bond donors (Lipinski definition) is 1. The van der Waals surface area contributed by atoms with Crippen LogP contribution in [0.2, 0.25) is 0 Å². The number of carbonyl (C=O) groups is 1. The van der Waals surface area contributed by atoms with E-state index in [1.807, 2.05) is 24.3 Å². The monoisotopic (exact) mass is 451 g/mol. The van der Waals surface area contributed by atoms with Gasteiger partial charge in [0.25, 0.3) is 5.91 Å². The maximum absolute atomic E-state index is 12.4. The number of rotatable bonds is 7. The van der Waals surface area contributed by atoms with Crippen LogP contribution in [0.5, 0.6) is 11.5 Å². The maximum atomic E-state index is 12.4. The Morgan fingerprint density at radius 1 is 1.18 bits per heavy atom. The molecule has 0 saturated heterocycles. The van der Waals surface area contributed by atoms with Crippen molar-refractivity contribution in [2.24, 2.45) is 0 Å². The average Bonchev–Trinajstić information content (AvgIpc) is 3.12. The van der Waals surface area contributed by atoms with Gasteiger partial charge >= 0.3 is 6.61 Å². The van der Waals surface area contributed by atoms with Gasteiger partial charge < -0.3 is 14.8 Å². The van der Waals surface area contributed by atoms with Crippen LogP contribution in [0, 0.1) is 6.92 Å². The molecular formula is C19H16BrF2N3O3. The van der Waals surface area contributed by atoms with Crippen molar-refractivity contribution in [1.29, 1.82) is 0 Å². The van der Waals surface area contributed by atoms with Gasteiger partial charge in [0, 0.05) is 16.4 Å². The van der Waals surface area contributed by atoms with Crippen molar-refractivity contribution in [3.8, 4) is 11.5 Å². The zero-order chi connectivity index (χ0) is 20.1. The molecule has 146 valence electrons. The summed E-state index contributed by atoms with van der Waals surface area (Å²) in [7, 11) is 0. The molecule has 0 fully saturated rings. The van der Waals surface area contributed by atoms with Crippen LogP contribution in [0.4, 0.5) is 14.5 Å². The third kappa shape index (κ3) is 5.29. The highest BCUT2D eigenvalue weighted by atomic mass is 79.9. The number of ether oxygens (including phenoxy) is 2. The van der Waals surface area contributed by atoms with Crippen molar-refractivity contribution in [2.45, 2.75) is 20.3 Å². The first kappa shape index (κ1) is 19.8. The Bertz CT molecular complexity index is 961. The Morgan fingerprint density at radius 3 is 2.57 bits per heavy atom. The number of nitrogens with zero attached hydrogens (tertiary/aromatic N) is 2. The lowest BCUT2D eigenvalue weighted by Gasteiger charge is -2.10. The summed E-state index contributed by atoms with van der Waals surface area (Å²) in [6.07, 6.45) is 1.63. The van der Waals surface area contributed by atoms with Crippen molar-refractivity contribution in [1.82, 2.24) is 9.78 Å². The van der Waals surface area contributed by atoms with Crippen LogP contribution < -0.4 is 14.8 Å². The van der Waals surface area contributed by atoms with E-state index in [0.29, 0.717) is 17.0 Å². The summed E-state index contributed by atoms with van der Waals surface area (Å²) in [6.45, 7) is -1.07. The summed E-state index contributed by atoms with van der Waals surface area (Å²) < 4.78 is 36.9. The zero-order valence-electron chi connectivity index (χ0n) is 14.7. The molecule has 3 aromatic rings. The van der Waals surface area contributed by atoms with Crippen molar-refractivity contribution < 1.29 is 23.0 Å². The number of aryl methyl sites for hydroxylation is 1. The molecule has 1 amide bonds. The molecule has 1 aromatic heterocycles. The molecule has 0 aliphatic carbocycles. The van der Waals surface area contributed by atoms with Gasteiger partial charge in [-0.05, 0) is 61.0 Å². The van der Waals surface area contributed by atoms with Crippen LogP contribution in [0.15, 0.2) is 59.2 Å². The molecule has 2 aromatic carbocycles. The number of nitrogens with one attached hydrogen (secondary N) is 1. The number of halogens is 3. The Labute approximate surface area is 168 Å². The summed E-state index contributed by atoms with van der Waals surface area (Å²) >= 11 is 3.35. The average molecular weight is 452 g/mol. The number of alkyl halides is 2. The second-order valence-corrected chi connectivity index (χ2v) is 6.69. The second-order valence-electron chi connectivity index (χ2n) is 5.78. The molecule has 0 atom stereocenters. The summed E-state index contributed by atoms with van der Waals surface area (Å²) in [4.78, 5) is 12.4. The first-order valence-corrected chi connectivity index (χ1v) is 8.98. The molecule has 6 nitrogen and oxygen atoms in total. The van der Waals surface area contributed by atoms with Crippen molar-refractivity contribution in [2.75, 3.05) is 5.32 Å². The lowest BCUT2D eigenvalue weighted by Crippen LogP contribution is -2.15. The number of benzene rings is 2. The molecule has 0 spiro atoms. The van der Waals surface area contributed by atoms with E-state index in [0.717, 1.165) is 4.47 Å². The number of anilines is 1. The molecule has 0 aliphatic heterocycles. The van der Waals surface area contributed by atoms with Gasteiger partial charge in [-0.3, -0.25) is 4.79 Å². The third-order valence-corrected chi connectivity index (χ3v) is 4.25. The van der Waals surface area contributed by atoms with E-state index in [9.17, 15) is 13.6 Å². The van der Waals surface area contributed by atoms with Crippen LogP contribution >= 0.6 is 15.9 Å². The lowest BCUT2D eigenvalue weighted by atomic mass is 10.2. The molecule has 28 heavy (non-hydrogen) atoms. The second kappa shape index (κ2) is 8.83. The summed E-state index contributed by atoms with van der Waals surface area (Å²) in [5.74, 6) is 0.277. The lowest BCUT2D eigenvalue weighted by molar-refractivity contribution is -0.0498. The highest BCUT2D eigenvalue weighted by molar-refractivity contribution is 9.10. The minimum Gasteiger partial charge on any atom is -0.471 e. The summed E-state index contributed by atoms with van der Waals surface area (Å²) in [5, 5.41) is 6.87. The van der Waals surface area contributed by atoms with Crippen LogP contribution in [0.25, 0.3) is 0 Å². The van der Waals surface area contributed by atoms with E-state index >= 15 is 0 Å². The molecule has 3 rings (SSSR count). The minimum absolute atomic E-state index is 0.0277. The fourth-order valence-corrected chi connectivity index (χ4v) is 2.63. The molecule has 1 heterocycles. The summed E-state index contributed by atoms with van der Waals surface area (Å²) in [6, 6.07) is 13.2. The standard InChI is InChI=1S/C19H16BrF2N3O3/c1-12-10-15(28-19(21)22)6-7-16(12)23-18(26)17-8-9-25(24-17)11-27-14-4-2-13(20)3-5-14/h2-10,19H,11H2,1H3,(H,23,26). The van der Waals surface area contributed by atoms with Crippen LogP contribution in [0.1, 0.15) is 16.1 Å². The van der Waals surface area contributed by atoms with E-state index in [-0.39, 0.29) is 18.2 Å². The van der Waals surface area contributed by atoms with Gasteiger partial charge in [0.1, 0.15) is 11.5 Å². The van der Waals surface area contributed by atoms with Crippen molar-refractivity contribution in [3.05, 3.63) is 70.5 Å². The van der Waals surface area contributed by atoms with Crippen molar-refractivity contribution in [3.63, 3.8) is 0 Å². The Hall–Kier alpha value is -2.94. The molecule has 0 bridgehead atoms. The number of aromatic nitrogens is 2. The molecule has 1 N–H and O–H groups in total. The zero-order valence-corrected chi connectivity index (χ0v) is 16.3. The normalized spacial score (nSPS) is 10.8. The minimum atomic E-state index is -2.90. The highest BCUT2D eigenvalue weighted by Crippen LogP contribution is 2.23. The Morgan fingerprint density at radius 2 is 1.89 bits per heavy atom. The van der Waals surface area contributed by atoms with Gasteiger partial charge in [-0.15, -0.1) is 0 Å². The molecular weight excluding hydrogens is 436 g/mol. The van der Waals surface area contributed by atoms with Crippen LogP contribution in [-0.4, -0.2) is 22.3 Å². The quantitative estimate of drug-likeness (QED) is 0.557. The smallest absolute Gasteiger partial charge is 0.387 e. The first-order valence-electron chi connectivity index (χ1n) is 8.19. The SMILES string of the molecule is Cc1cc(OC(F)F)ccc1NC(=O)c1ccn(COc2ccc(Br)cc2)n1. The number of amides is 1. The molecule has 9 heteroatoms. The molecule has 0 unspecified atom stereocenters. The molecule has 0 saturated carbocycles. The number of carbonyl (C=O) groups excluding carboxylic acids is 1. The Balaban J connectivity index is 1.60. The van der Waals surface area contributed by atoms with E-state index in [4.69, 9.17) is 4.74 Å². The summed E-state index contributed by atoms with van der Waals surface area (Å²) in [5.41, 5.74) is 1.27. The fourth-order valence-electron chi connectivity index (χ4n) is 2.37. The predicted octanol–water partition coefficient (Wildman–Crippen LogP) is 4.84. The first-order chi connectivity index (χ1) is 13.4. The van der Waals surface area contributed by atoms with Gasteiger partial charge in [0.15, 0.2) is 12.4 Å². The predicted molar refractivity (Wildman–Crippen MR) is 103 cm³/mol. The van der Waals surface area contributed by atoms with E-state index in [1.165, 1.54) is 22.9 Å². The number of hydrogen-bond acceptors (Lipinski definition) is 4. The fraction of sp³-hybridized carbons (Fsp3) is 0.158. The van der Waals surface area contributed by atoms with E-state index < -0.39 is 12.5 Å². The maximum Gasteiger partial charge on any atom is 0.387 e. The van der Waals surface area contributed by atoms with Gasteiger partial charge in [-0.1, -0.05) is 15.9 Å². The van der Waals surface area contributed by atoms with Gasteiger partial charge in [0.05, 0.1) is 0 Å². The topological polar surface area (TPSA) is 65.4 Å². The highest BCUT2D eigenvalue weighted by Gasteiger charge is 2.13. The van der Waals surface area contributed by atoms with Gasteiger partial charge in [0.2, 0.25) is 0 Å². The van der Waals surface area contributed by atoms with Crippen molar-refractivity contribution >= 4 is 27.5 Å². The van der Waals surface area contributed by atoms with Crippen LogP contribution in [-0.2, 0) is 6.73 Å². The van der Waals surface area contributed by atoms with E-state index in [2.05, 4.69) is 31.1 Å².